The van der Waals surface area contributed by atoms with Gasteiger partial charge in [-0.2, -0.15) is 0 Å². The molecule has 3 aromatic rings. The first-order chi connectivity index (χ1) is 11.8. The lowest BCUT2D eigenvalue weighted by Gasteiger charge is -2.15. The Morgan fingerprint density at radius 3 is 2.54 bits per heavy atom. The van der Waals surface area contributed by atoms with Crippen LogP contribution < -0.4 is 0 Å². The molecule has 0 unspecified atom stereocenters. The van der Waals surface area contributed by atoms with Crippen molar-refractivity contribution < 1.29 is 9.59 Å². The maximum absolute atomic E-state index is 12.4. The highest BCUT2D eigenvalue weighted by molar-refractivity contribution is 5.94. The molecule has 1 aromatic carbocycles. The minimum atomic E-state index is 0.102. The second-order valence-corrected chi connectivity index (χ2v) is 6.03. The summed E-state index contributed by atoms with van der Waals surface area (Å²) in [6, 6.07) is 11.3. The van der Waals surface area contributed by atoms with E-state index in [4.69, 9.17) is 0 Å². The normalized spacial score (nSPS) is 14.2. The van der Waals surface area contributed by atoms with Crippen molar-refractivity contribution in [2.75, 3.05) is 13.1 Å². The molecule has 4 rings (SSSR count). The lowest BCUT2D eigenvalue weighted by Crippen LogP contribution is -2.27. The summed E-state index contributed by atoms with van der Waals surface area (Å²) >= 11 is 0. The molecule has 0 saturated carbocycles. The van der Waals surface area contributed by atoms with Crippen LogP contribution in [-0.2, 0) is 0 Å². The number of likely N-dealkylation sites (tertiary alicyclic amines) is 1. The molecule has 3 heterocycles. The third-order valence-electron chi connectivity index (χ3n) is 4.47. The lowest BCUT2D eigenvalue weighted by atomic mass is 10.2. The highest BCUT2D eigenvalue weighted by atomic mass is 16.2. The molecular weight excluding hydrogens is 302 g/mol. The minimum absolute atomic E-state index is 0.102. The summed E-state index contributed by atoms with van der Waals surface area (Å²) in [7, 11) is 0. The lowest BCUT2D eigenvalue weighted by molar-refractivity contribution is 0.0792. The van der Waals surface area contributed by atoms with Gasteiger partial charge in [-0.1, -0.05) is 0 Å². The topological polar surface area (TPSA) is 55.2 Å². The van der Waals surface area contributed by atoms with Crippen LogP contribution in [-0.4, -0.2) is 39.7 Å². The summed E-state index contributed by atoms with van der Waals surface area (Å²) in [5.74, 6) is 0.102. The molecule has 120 valence electrons. The van der Waals surface area contributed by atoms with Crippen LogP contribution in [0.15, 0.2) is 48.8 Å². The second kappa shape index (κ2) is 5.92. The van der Waals surface area contributed by atoms with Gasteiger partial charge in [0.05, 0.1) is 0 Å². The molecule has 0 radical (unpaired) electrons. The fraction of sp³-hybridized carbons (Fsp3) is 0.211. The van der Waals surface area contributed by atoms with E-state index >= 15 is 0 Å². The molecule has 1 aliphatic rings. The molecule has 0 N–H and O–H groups in total. The maximum Gasteiger partial charge on any atom is 0.253 e. The first-order valence-electron chi connectivity index (χ1n) is 8.08. The SMILES string of the molecule is O=Cc1cnc2c(ccn2-c2ccc(C(=O)N3CCCC3)cc2)c1. The fourth-order valence-electron chi connectivity index (χ4n) is 3.18. The number of carbonyl (C=O) groups excluding carboxylic acids is 2. The number of aromatic nitrogens is 2. The molecule has 0 atom stereocenters. The predicted octanol–water partition coefficient (Wildman–Crippen LogP) is 3.07. The Kier molecular flexibility index (Phi) is 3.61. The molecule has 0 spiro atoms. The second-order valence-electron chi connectivity index (χ2n) is 6.03. The standard InChI is InChI=1S/C19H17N3O2/c23-13-14-11-16-7-10-22(18(16)20-12-14)17-5-3-15(4-6-17)19(24)21-8-1-2-9-21/h3-7,10-13H,1-2,8-9H2. The summed E-state index contributed by atoms with van der Waals surface area (Å²) in [6.07, 6.45) is 6.46. The molecular formula is C19H17N3O2. The van der Waals surface area contributed by atoms with E-state index in [9.17, 15) is 9.59 Å². The van der Waals surface area contributed by atoms with Gasteiger partial charge in [0.15, 0.2) is 6.29 Å². The summed E-state index contributed by atoms with van der Waals surface area (Å²) in [4.78, 5) is 29.5. The summed E-state index contributed by atoms with van der Waals surface area (Å²) in [5, 5.41) is 0.914. The van der Waals surface area contributed by atoms with Crippen LogP contribution in [0.3, 0.4) is 0 Å². The van der Waals surface area contributed by atoms with E-state index in [1.807, 2.05) is 52.1 Å². The summed E-state index contributed by atoms with van der Waals surface area (Å²) < 4.78 is 1.95. The molecule has 1 fully saturated rings. The average Bonchev–Trinajstić information content (AvgIpc) is 3.30. The van der Waals surface area contributed by atoms with Crippen molar-refractivity contribution >= 4 is 23.2 Å². The first kappa shape index (κ1) is 14.6. The van der Waals surface area contributed by atoms with E-state index in [0.717, 1.165) is 48.9 Å². The van der Waals surface area contributed by atoms with E-state index < -0.39 is 0 Å². The Labute approximate surface area is 139 Å². The number of carbonyl (C=O) groups is 2. The van der Waals surface area contributed by atoms with Gasteiger partial charge < -0.3 is 9.47 Å². The molecule has 5 heteroatoms. The number of fused-ring (bicyclic) bond motifs is 1. The molecule has 0 aliphatic carbocycles. The number of hydrogen-bond donors (Lipinski definition) is 0. The van der Waals surface area contributed by atoms with Crippen molar-refractivity contribution in [2.24, 2.45) is 0 Å². The third kappa shape index (κ3) is 2.48. The summed E-state index contributed by atoms with van der Waals surface area (Å²) in [5.41, 5.74) is 3.01. The number of hydrogen-bond acceptors (Lipinski definition) is 3. The van der Waals surface area contributed by atoms with E-state index in [1.54, 1.807) is 6.20 Å². The smallest absolute Gasteiger partial charge is 0.253 e. The maximum atomic E-state index is 12.4. The molecule has 24 heavy (non-hydrogen) atoms. The summed E-state index contributed by atoms with van der Waals surface area (Å²) in [6.45, 7) is 1.71. The van der Waals surface area contributed by atoms with Crippen LogP contribution in [0, 0.1) is 0 Å². The Bertz CT molecular complexity index is 906. The number of pyridine rings is 1. The zero-order valence-electron chi connectivity index (χ0n) is 13.2. The number of amides is 1. The molecule has 1 amide bonds. The number of aldehydes is 1. The molecule has 1 aliphatic heterocycles. The van der Waals surface area contributed by atoms with Crippen molar-refractivity contribution in [1.82, 2.24) is 14.5 Å². The predicted molar refractivity (Wildman–Crippen MR) is 91.6 cm³/mol. The average molecular weight is 319 g/mol. The zero-order valence-corrected chi connectivity index (χ0v) is 13.2. The number of rotatable bonds is 3. The Morgan fingerprint density at radius 2 is 1.83 bits per heavy atom. The van der Waals surface area contributed by atoms with E-state index in [-0.39, 0.29) is 5.91 Å². The minimum Gasteiger partial charge on any atom is -0.339 e. The van der Waals surface area contributed by atoms with Gasteiger partial charge >= 0.3 is 0 Å². The van der Waals surface area contributed by atoms with Gasteiger partial charge in [0.1, 0.15) is 5.65 Å². The molecule has 5 nitrogen and oxygen atoms in total. The largest absolute Gasteiger partial charge is 0.339 e. The van der Waals surface area contributed by atoms with Crippen molar-refractivity contribution in [3.05, 3.63) is 59.9 Å². The van der Waals surface area contributed by atoms with Crippen LogP contribution >= 0.6 is 0 Å². The van der Waals surface area contributed by atoms with Crippen molar-refractivity contribution in [2.45, 2.75) is 12.8 Å². The Morgan fingerprint density at radius 1 is 1.08 bits per heavy atom. The van der Waals surface area contributed by atoms with E-state index in [1.165, 1.54) is 0 Å². The van der Waals surface area contributed by atoms with Crippen molar-refractivity contribution in [3.8, 4) is 5.69 Å². The zero-order chi connectivity index (χ0) is 16.5. The van der Waals surface area contributed by atoms with Crippen LogP contribution in [0.5, 0.6) is 0 Å². The fourth-order valence-corrected chi connectivity index (χ4v) is 3.18. The number of benzene rings is 1. The van der Waals surface area contributed by atoms with Gasteiger partial charge in [0.25, 0.3) is 5.91 Å². The quantitative estimate of drug-likeness (QED) is 0.697. The van der Waals surface area contributed by atoms with Gasteiger partial charge in [-0.3, -0.25) is 9.59 Å². The highest BCUT2D eigenvalue weighted by Gasteiger charge is 2.19. The Hall–Kier alpha value is -2.95. The van der Waals surface area contributed by atoms with Crippen LogP contribution in [0.2, 0.25) is 0 Å². The van der Waals surface area contributed by atoms with Gasteiger partial charge in [0.2, 0.25) is 0 Å². The van der Waals surface area contributed by atoms with Gasteiger partial charge in [0, 0.05) is 47.7 Å². The monoisotopic (exact) mass is 319 g/mol. The van der Waals surface area contributed by atoms with Crippen LogP contribution in [0.1, 0.15) is 33.6 Å². The van der Waals surface area contributed by atoms with Crippen molar-refractivity contribution in [3.63, 3.8) is 0 Å². The molecule has 0 bridgehead atoms. The Balaban J connectivity index is 1.65. The van der Waals surface area contributed by atoms with E-state index in [2.05, 4.69) is 4.98 Å². The van der Waals surface area contributed by atoms with Gasteiger partial charge in [-0.25, -0.2) is 4.98 Å². The molecule has 2 aromatic heterocycles. The molecule has 1 saturated heterocycles. The van der Waals surface area contributed by atoms with Gasteiger partial charge in [-0.15, -0.1) is 0 Å². The number of nitrogens with zero attached hydrogens (tertiary/aromatic N) is 3. The van der Waals surface area contributed by atoms with Gasteiger partial charge in [-0.05, 0) is 49.2 Å². The van der Waals surface area contributed by atoms with Crippen LogP contribution in [0.4, 0.5) is 0 Å². The van der Waals surface area contributed by atoms with E-state index in [0.29, 0.717) is 11.1 Å². The first-order valence-corrected chi connectivity index (χ1v) is 8.08. The highest BCUT2D eigenvalue weighted by Crippen LogP contribution is 2.20. The van der Waals surface area contributed by atoms with Crippen molar-refractivity contribution in [1.29, 1.82) is 0 Å². The van der Waals surface area contributed by atoms with Crippen LogP contribution in [0.25, 0.3) is 16.7 Å². The third-order valence-corrected chi connectivity index (χ3v) is 4.47.